The summed E-state index contributed by atoms with van der Waals surface area (Å²) in [4.78, 5) is 27.0. The molecule has 1 saturated heterocycles. The first-order valence-electron chi connectivity index (χ1n) is 15.2. The summed E-state index contributed by atoms with van der Waals surface area (Å²) in [5.41, 5.74) is -3.62. The van der Waals surface area contributed by atoms with Crippen LogP contribution in [0.1, 0.15) is 77.4 Å². The van der Waals surface area contributed by atoms with Crippen LogP contribution in [0, 0.1) is 24.5 Å². The van der Waals surface area contributed by atoms with Gasteiger partial charge in [0.25, 0.3) is 0 Å². The molecule has 1 N–H and O–H groups in total. The standard InChI is InChI=1S/C31H34F5NO3/c1-18-3-4-19(15-25(18)32)17-30-13-14-37(27(38)20-5-7-21(8-6-20)28(39)40)26(30)12-9-22-16-23(10-11-24(22)30)29(2,33)31(34,35)36/h3-4,10-11,15-16,20-21,26H,5-9,12-14,17H2,1-2H3,(H,39,40)/i1D3. The van der Waals surface area contributed by atoms with Crippen molar-refractivity contribution in [2.24, 2.45) is 11.8 Å². The van der Waals surface area contributed by atoms with Gasteiger partial charge in [0.1, 0.15) is 5.82 Å². The fourth-order valence-electron chi connectivity index (χ4n) is 7.14. The van der Waals surface area contributed by atoms with Crippen LogP contribution in [0.4, 0.5) is 22.0 Å². The molecule has 3 atom stereocenters. The van der Waals surface area contributed by atoms with Crippen LogP contribution in [0.15, 0.2) is 36.4 Å². The number of fused-ring (bicyclic) bond motifs is 3. The van der Waals surface area contributed by atoms with E-state index < -0.39 is 52.9 Å². The number of alkyl halides is 4. The molecule has 2 aliphatic carbocycles. The molecule has 0 spiro atoms. The van der Waals surface area contributed by atoms with Gasteiger partial charge < -0.3 is 10.0 Å². The summed E-state index contributed by atoms with van der Waals surface area (Å²) in [6.07, 6.45) is -2.09. The highest BCUT2D eigenvalue weighted by molar-refractivity contribution is 5.80. The lowest BCUT2D eigenvalue weighted by atomic mass is 9.63. The van der Waals surface area contributed by atoms with Crippen molar-refractivity contribution >= 4 is 11.9 Å². The molecule has 0 bridgehead atoms. The molecule has 2 aromatic rings. The van der Waals surface area contributed by atoms with Gasteiger partial charge in [-0.1, -0.05) is 30.3 Å². The molecular weight excluding hydrogens is 529 g/mol. The first-order valence-corrected chi connectivity index (χ1v) is 13.7. The van der Waals surface area contributed by atoms with E-state index in [4.69, 9.17) is 4.11 Å². The summed E-state index contributed by atoms with van der Waals surface area (Å²) in [5, 5.41) is 9.35. The Kier molecular flexibility index (Phi) is 6.29. The van der Waals surface area contributed by atoms with Gasteiger partial charge in [-0.2, -0.15) is 13.2 Å². The van der Waals surface area contributed by atoms with Crippen molar-refractivity contribution in [3.8, 4) is 0 Å². The number of hydrogen-bond donors (Lipinski definition) is 1. The zero-order valence-corrected chi connectivity index (χ0v) is 22.2. The maximum absolute atomic E-state index is 15.0. The Morgan fingerprint density at radius 2 is 1.75 bits per heavy atom. The SMILES string of the molecule is [2H]C([2H])([2H])c1ccc(CC23CCN(C(=O)C4CCC(C(=O)O)CC4)C2CCc2cc(C(C)(F)C(F)(F)F)ccc23)cc1F. The minimum atomic E-state index is -5.12. The summed E-state index contributed by atoms with van der Waals surface area (Å²) in [6, 6.07) is 7.41. The molecule has 216 valence electrons. The van der Waals surface area contributed by atoms with Crippen molar-refractivity contribution in [3.05, 3.63) is 70.0 Å². The second kappa shape index (κ2) is 10.1. The van der Waals surface area contributed by atoms with Crippen LogP contribution < -0.4 is 0 Å². The van der Waals surface area contributed by atoms with Crippen molar-refractivity contribution in [3.63, 3.8) is 0 Å². The van der Waals surface area contributed by atoms with Crippen molar-refractivity contribution in [1.29, 1.82) is 0 Å². The van der Waals surface area contributed by atoms with Crippen LogP contribution in [0.5, 0.6) is 0 Å². The summed E-state index contributed by atoms with van der Waals surface area (Å²) in [7, 11) is 0. The van der Waals surface area contributed by atoms with E-state index in [1.54, 1.807) is 4.90 Å². The molecule has 0 aromatic heterocycles. The third-order valence-corrected chi connectivity index (χ3v) is 9.48. The highest BCUT2D eigenvalue weighted by Gasteiger charge is 2.56. The molecular formula is C31H34F5NO3. The summed E-state index contributed by atoms with van der Waals surface area (Å²) in [5.74, 6) is -2.68. The van der Waals surface area contributed by atoms with Crippen LogP contribution in [0.25, 0.3) is 0 Å². The molecule has 3 aliphatic rings. The number of likely N-dealkylation sites (tertiary alicyclic amines) is 1. The van der Waals surface area contributed by atoms with E-state index in [0.717, 1.165) is 12.1 Å². The van der Waals surface area contributed by atoms with E-state index in [-0.39, 0.29) is 24.3 Å². The van der Waals surface area contributed by atoms with Crippen LogP contribution in [-0.4, -0.2) is 40.6 Å². The van der Waals surface area contributed by atoms with Crippen LogP contribution in [-0.2, 0) is 33.5 Å². The molecule has 1 amide bonds. The highest BCUT2D eigenvalue weighted by atomic mass is 19.4. The fraction of sp³-hybridized carbons (Fsp3) is 0.548. The lowest BCUT2D eigenvalue weighted by Gasteiger charge is -2.45. The monoisotopic (exact) mass is 566 g/mol. The van der Waals surface area contributed by atoms with Gasteiger partial charge in [-0.25, -0.2) is 8.78 Å². The maximum atomic E-state index is 15.0. The Hall–Kier alpha value is -2.97. The lowest BCUT2D eigenvalue weighted by molar-refractivity contribution is -0.228. The predicted molar refractivity (Wildman–Crippen MR) is 139 cm³/mol. The van der Waals surface area contributed by atoms with E-state index in [2.05, 4.69) is 0 Å². The number of carboxylic acid groups (broad SMARTS) is 1. The highest BCUT2D eigenvalue weighted by Crippen LogP contribution is 2.51. The van der Waals surface area contributed by atoms with Gasteiger partial charge in [-0.15, -0.1) is 0 Å². The molecule has 3 unspecified atom stereocenters. The van der Waals surface area contributed by atoms with Gasteiger partial charge in [-0.3, -0.25) is 9.59 Å². The topological polar surface area (TPSA) is 57.6 Å². The molecule has 5 rings (SSSR count). The molecule has 1 heterocycles. The van der Waals surface area contributed by atoms with Gasteiger partial charge in [-0.05, 0) is 99.0 Å². The van der Waals surface area contributed by atoms with Crippen LogP contribution in [0.3, 0.4) is 0 Å². The van der Waals surface area contributed by atoms with Gasteiger partial charge >= 0.3 is 12.1 Å². The quantitative estimate of drug-likeness (QED) is 0.405. The largest absolute Gasteiger partial charge is 0.481 e. The first kappa shape index (κ1) is 24.8. The number of hydrogen-bond acceptors (Lipinski definition) is 2. The molecule has 1 saturated carbocycles. The molecule has 1 aliphatic heterocycles. The molecule has 2 fully saturated rings. The number of nitrogens with zero attached hydrogens (tertiary/aromatic N) is 1. The number of amides is 1. The molecule has 9 heteroatoms. The molecule has 0 radical (unpaired) electrons. The second-order valence-electron chi connectivity index (χ2n) is 11.7. The number of halogens is 5. The number of carbonyl (C=O) groups excluding carboxylic acids is 1. The predicted octanol–water partition coefficient (Wildman–Crippen LogP) is 6.80. The normalized spacial score (nSPS) is 29.4. The van der Waals surface area contributed by atoms with Crippen molar-refractivity contribution in [2.75, 3.05) is 6.54 Å². The molecule has 2 aromatic carbocycles. The fourth-order valence-corrected chi connectivity index (χ4v) is 7.14. The Morgan fingerprint density at radius 3 is 2.38 bits per heavy atom. The van der Waals surface area contributed by atoms with Crippen LogP contribution in [0.2, 0.25) is 0 Å². The average molecular weight is 567 g/mol. The van der Waals surface area contributed by atoms with Crippen LogP contribution >= 0.6 is 0 Å². The number of benzene rings is 2. The van der Waals surface area contributed by atoms with Crippen molar-refractivity contribution in [2.45, 2.75) is 88.4 Å². The van der Waals surface area contributed by atoms with E-state index in [0.29, 0.717) is 75.1 Å². The number of aryl methyl sites for hydroxylation is 2. The Bertz CT molecular complexity index is 1420. The molecule has 40 heavy (non-hydrogen) atoms. The second-order valence-corrected chi connectivity index (χ2v) is 11.7. The molecule has 4 nitrogen and oxygen atoms in total. The van der Waals surface area contributed by atoms with Gasteiger partial charge in [0, 0.05) is 28.0 Å². The Balaban J connectivity index is 1.52. The third kappa shape index (κ3) is 4.79. The number of aliphatic carboxylic acids is 1. The van der Waals surface area contributed by atoms with Crippen molar-refractivity contribution < 1.29 is 40.8 Å². The lowest BCUT2D eigenvalue weighted by Crippen LogP contribution is -2.51. The van der Waals surface area contributed by atoms with Gasteiger partial charge in [0.2, 0.25) is 11.6 Å². The smallest absolute Gasteiger partial charge is 0.426 e. The Morgan fingerprint density at radius 1 is 1.05 bits per heavy atom. The van der Waals surface area contributed by atoms with E-state index in [9.17, 15) is 36.6 Å². The van der Waals surface area contributed by atoms with E-state index in [1.165, 1.54) is 24.3 Å². The third-order valence-electron chi connectivity index (χ3n) is 9.48. The minimum Gasteiger partial charge on any atom is -0.481 e. The number of carboxylic acids is 1. The summed E-state index contributed by atoms with van der Waals surface area (Å²) in [6.45, 7) is -1.81. The minimum absolute atomic E-state index is 0.0897. The summed E-state index contributed by atoms with van der Waals surface area (Å²) < 4.78 is 93.2. The van der Waals surface area contributed by atoms with Gasteiger partial charge in [0.05, 0.1) is 5.92 Å². The first-order chi connectivity index (χ1) is 20.0. The summed E-state index contributed by atoms with van der Waals surface area (Å²) >= 11 is 0. The zero-order chi connectivity index (χ0) is 31.5. The van der Waals surface area contributed by atoms with E-state index >= 15 is 0 Å². The van der Waals surface area contributed by atoms with Gasteiger partial charge in [0.15, 0.2) is 0 Å². The average Bonchev–Trinajstić information content (AvgIpc) is 3.30. The Labute approximate surface area is 234 Å². The number of rotatable bonds is 5. The van der Waals surface area contributed by atoms with E-state index in [1.807, 2.05) is 0 Å². The maximum Gasteiger partial charge on any atom is 0.426 e. The zero-order valence-electron chi connectivity index (χ0n) is 25.2. The van der Waals surface area contributed by atoms with Crippen molar-refractivity contribution in [1.82, 2.24) is 4.90 Å². The number of carbonyl (C=O) groups is 2.